The monoisotopic (exact) mass is 461 g/mol. The predicted molar refractivity (Wildman–Crippen MR) is 116 cm³/mol. The summed E-state index contributed by atoms with van der Waals surface area (Å²) >= 11 is 5.19. The maximum atomic E-state index is 13.8. The van der Waals surface area contributed by atoms with Crippen molar-refractivity contribution < 1.29 is 14.3 Å². The molecule has 0 saturated carbocycles. The molecule has 2 heterocycles. The summed E-state index contributed by atoms with van der Waals surface area (Å²) in [6.45, 7) is 8.21. The number of thioether (sulfide) groups is 1. The Hall–Kier alpha value is -1.34. The summed E-state index contributed by atoms with van der Waals surface area (Å²) in [7, 11) is 0. The van der Waals surface area contributed by atoms with Crippen molar-refractivity contribution >= 4 is 33.5 Å². The number of ether oxygens (including phenoxy) is 2. The molecule has 0 N–H and O–H groups in total. The molecule has 2 aromatic carbocycles. The van der Waals surface area contributed by atoms with Crippen molar-refractivity contribution in [1.82, 2.24) is 4.90 Å². The van der Waals surface area contributed by atoms with Crippen LogP contribution in [-0.4, -0.2) is 54.9 Å². The number of hydrogen-bond acceptors (Lipinski definition) is 5. The number of rotatable bonds is 4. The minimum atomic E-state index is -0.672. The zero-order valence-electron chi connectivity index (χ0n) is 16.2. The van der Waals surface area contributed by atoms with E-state index in [0.29, 0.717) is 37.7 Å². The zero-order chi connectivity index (χ0) is 19.7. The van der Waals surface area contributed by atoms with Crippen LogP contribution in [0.2, 0.25) is 0 Å². The van der Waals surface area contributed by atoms with Crippen molar-refractivity contribution in [1.29, 1.82) is 0 Å². The maximum Gasteiger partial charge on any atom is 0.187 e. The number of nitrogens with zero attached hydrogens (tertiary/aromatic N) is 1. The van der Waals surface area contributed by atoms with Gasteiger partial charge in [0.25, 0.3) is 0 Å². The van der Waals surface area contributed by atoms with Crippen LogP contribution in [0, 0.1) is 13.8 Å². The van der Waals surface area contributed by atoms with Crippen LogP contribution in [0.5, 0.6) is 5.75 Å². The molecule has 0 aromatic heterocycles. The molecule has 2 aliphatic rings. The van der Waals surface area contributed by atoms with E-state index < -0.39 is 4.75 Å². The number of fused-ring (bicyclic) bond motifs is 1. The Morgan fingerprint density at radius 1 is 1.14 bits per heavy atom. The van der Waals surface area contributed by atoms with Gasteiger partial charge in [-0.1, -0.05) is 33.6 Å². The van der Waals surface area contributed by atoms with Gasteiger partial charge in [0.05, 0.1) is 18.8 Å². The number of halogens is 1. The Morgan fingerprint density at radius 2 is 1.86 bits per heavy atom. The van der Waals surface area contributed by atoms with Gasteiger partial charge in [0, 0.05) is 29.0 Å². The standard InChI is InChI=1S/C22H24BrNO3S/c1-15-3-5-17(6-4-15)28-22(13-24-7-9-26-10-8-24)14-27-20-11-16(2)19(23)12-18(20)21(22)25/h3-6,11-12H,7-10,13-14H2,1-2H3/t22-/m1/s1. The molecule has 1 atom stereocenters. The van der Waals surface area contributed by atoms with Crippen LogP contribution in [0.3, 0.4) is 0 Å². The van der Waals surface area contributed by atoms with Crippen molar-refractivity contribution in [3.05, 3.63) is 57.6 Å². The molecular weight excluding hydrogens is 438 g/mol. The largest absolute Gasteiger partial charge is 0.491 e. The molecule has 0 aliphatic carbocycles. The molecule has 2 aliphatic heterocycles. The fraction of sp³-hybridized carbons (Fsp3) is 0.409. The summed E-state index contributed by atoms with van der Waals surface area (Å²) in [5.74, 6) is 0.833. The average Bonchev–Trinajstić information content (AvgIpc) is 2.69. The van der Waals surface area contributed by atoms with Crippen molar-refractivity contribution in [2.45, 2.75) is 23.5 Å². The van der Waals surface area contributed by atoms with Crippen LogP contribution in [0.15, 0.2) is 45.8 Å². The van der Waals surface area contributed by atoms with E-state index in [-0.39, 0.29) is 5.78 Å². The summed E-state index contributed by atoms with van der Waals surface area (Å²) in [6.07, 6.45) is 0. The number of Topliss-reactive ketones (excluding diaryl/α,β-unsaturated/α-hetero) is 1. The minimum absolute atomic E-state index is 0.145. The Labute approximate surface area is 178 Å². The van der Waals surface area contributed by atoms with E-state index in [4.69, 9.17) is 9.47 Å². The third-order valence-electron chi connectivity index (χ3n) is 5.30. The van der Waals surface area contributed by atoms with Gasteiger partial charge in [-0.15, -0.1) is 11.8 Å². The second kappa shape index (κ2) is 8.19. The van der Waals surface area contributed by atoms with Gasteiger partial charge in [0.1, 0.15) is 17.1 Å². The SMILES string of the molecule is Cc1ccc(S[C@]2(CN3CCOCC3)COc3cc(C)c(Br)cc3C2=O)cc1. The molecule has 4 nitrogen and oxygen atoms in total. The third kappa shape index (κ3) is 4.01. The first kappa shape index (κ1) is 20.0. The summed E-state index contributed by atoms with van der Waals surface area (Å²) in [4.78, 5) is 17.2. The van der Waals surface area contributed by atoms with E-state index in [1.54, 1.807) is 11.8 Å². The van der Waals surface area contributed by atoms with Crippen LogP contribution in [0.25, 0.3) is 0 Å². The lowest BCUT2D eigenvalue weighted by Gasteiger charge is -2.40. The summed E-state index contributed by atoms with van der Waals surface area (Å²) in [6, 6.07) is 12.2. The molecule has 0 radical (unpaired) electrons. The topological polar surface area (TPSA) is 38.8 Å². The lowest BCUT2D eigenvalue weighted by molar-refractivity contribution is 0.0287. The maximum absolute atomic E-state index is 13.8. The molecule has 0 unspecified atom stereocenters. The van der Waals surface area contributed by atoms with Gasteiger partial charge < -0.3 is 9.47 Å². The molecule has 1 saturated heterocycles. The first-order chi connectivity index (χ1) is 13.5. The number of hydrogen-bond donors (Lipinski definition) is 0. The number of carbonyl (C=O) groups is 1. The highest BCUT2D eigenvalue weighted by Crippen LogP contribution is 2.43. The number of morpholine rings is 1. The van der Waals surface area contributed by atoms with Crippen molar-refractivity contribution in [2.75, 3.05) is 39.5 Å². The van der Waals surface area contributed by atoms with Gasteiger partial charge in [-0.05, 0) is 43.7 Å². The Bertz CT molecular complexity index is 880. The Morgan fingerprint density at radius 3 is 2.57 bits per heavy atom. The van der Waals surface area contributed by atoms with E-state index in [2.05, 4.69) is 52.0 Å². The molecule has 0 amide bonds. The van der Waals surface area contributed by atoms with Crippen LogP contribution in [0.4, 0.5) is 0 Å². The summed E-state index contributed by atoms with van der Waals surface area (Å²) < 4.78 is 11.9. The molecule has 0 bridgehead atoms. The fourth-order valence-electron chi connectivity index (χ4n) is 3.64. The summed E-state index contributed by atoms with van der Waals surface area (Å²) in [5, 5.41) is 0. The number of carbonyl (C=O) groups excluding carboxylic acids is 1. The quantitative estimate of drug-likeness (QED) is 0.669. The molecule has 28 heavy (non-hydrogen) atoms. The molecule has 1 fully saturated rings. The number of aryl methyl sites for hydroxylation is 2. The van der Waals surface area contributed by atoms with Crippen molar-refractivity contribution in [3.8, 4) is 5.75 Å². The fourth-order valence-corrected chi connectivity index (χ4v) is 5.27. The van der Waals surface area contributed by atoms with E-state index in [1.165, 1.54) is 5.56 Å². The molecule has 148 valence electrons. The Balaban J connectivity index is 1.70. The van der Waals surface area contributed by atoms with E-state index in [0.717, 1.165) is 28.0 Å². The molecule has 2 aromatic rings. The second-order valence-electron chi connectivity index (χ2n) is 7.51. The van der Waals surface area contributed by atoms with Crippen LogP contribution >= 0.6 is 27.7 Å². The molecule has 4 rings (SSSR count). The summed E-state index contributed by atoms with van der Waals surface area (Å²) in [5.41, 5.74) is 2.94. The smallest absolute Gasteiger partial charge is 0.187 e. The first-order valence-electron chi connectivity index (χ1n) is 9.50. The number of ketones is 1. The lowest BCUT2D eigenvalue weighted by atomic mass is 9.92. The van der Waals surface area contributed by atoms with E-state index in [9.17, 15) is 4.79 Å². The molecular formula is C22H24BrNO3S. The van der Waals surface area contributed by atoms with Crippen LogP contribution in [-0.2, 0) is 4.74 Å². The molecule has 6 heteroatoms. The predicted octanol–water partition coefficient (Wildman–Crippen LogP) is 4.50. The second-order valence-corrected chi connectivity index (χ2v) is 9.82. The van der Waals surface area contributed by atoms with Gasteiger partial charge in [0.15, 0.2) is 5.78 Å². The average molecular weight is 462 g/mol. The highest BCUT2D eigenvalue weighted by Gasteiger charge is 2.46. The normalized spacial score (nSPS) is 22.6. The van der Waals surface area contributed by atoms with E-state index >= 15 is 0 Å². The van der Waals surface area contributed by atoms with Gasteiger partial charge in [-0.25, -0.2) is 0 Å². The lowest BCUT2D eigenvalue weighted by Crippen LogP contribution is -2.54. The highest BCUT2D eigenvalue weighted by atomic mass is 79.9. The van der Waals surface area contributed by atoms with Crippen LogP contribution < -0.4 is 4.74 Å². The van der Waals surface area contributed by atoms with Crippen molar-refractivity contribution in [2.24, 2.45) is 0 Å². The van der Waals surface area contributed by atoms with E-state index in [1.807, 2.05) is 19.1 Å². The third-order valence-corrected chi connectivity index (χ3v) is 7.48. The Kier molecular flexibility index (Phi) is 5.83. The van der Waals surface area contributed by atoms with Gasteiger partial charge >= 0.3 is 0 Å². The van der Waals surface area contributed by atoms with Gasteiger partial charge in [0.2, 0.25) is 0 Å². The van der Waals surface area contributed by atoms with Gasteiger partial charge in [-0.3, -0.25) is 9.69 Å². The number of benzene rings is 2. The van der Waals surface area contributed by atoms with Gasteiger partial charge in [-0.2, -0.15) is 0 Å². The highest BCUT2D eigenvalue weighted by molar-refractivity contribution is 9.10. The van der Waals surface area contributed by atoms with Crippen LogP contribution in [0.1, 0.15) is 21.5 Å². The first-order valence-corrected chi connectivity index (χ1v) is 11.1. The minimum Gasteiger partial charge on any atom is -0.491 e. The zero-order valence-corrected chi connectivity index (χ0v) is 18.6. The van der Waals surface area contributed by atoms with Crippen molar-refractivity contribution in [3.63, 3.8) is 0 Å². The molecule has 0 spiro atoms.